The molecule has 1 saturated heterocycles. The number of carboxylic acids is 1. The maximum absolute atomic E-state index is 12.2. The van der Waals surface area contributed by atoms with Crippen molar-refractivity contribution < 1.29 is 14.7 Å². The van der Waals surface area contributed by atoms with Gasteiger partial charge in [0.2, 0.25) is 5.91 Å². The standard InChI is InChI=1S/C13H14Cl2N2O3/c1-6-4-16-5-9(6)12(18)17-11-8(13(19)20)2-7(14)3-10(11)15/h2-3,6,9,16H,4-5H2,1H3,(H,17,18)(H,19,20)/t6-,9-/m1/s1. The quantitative estimate of drug-likeness (QED) is 0.800. The molecule has 1 aromatic rings. The monoisotopic (exact) mass is 316 g/mol. The zero-order valence-electron chi connectivity index (χ0n) is 10.7. The molecular weight excluding hydrogens is 303 g/mol. The lowest BCUT2D eigenvalue weighted by Crippen LogP contribution is -2.28. The molecule has 2 atom stereocenters. The lowest BCUT2D eigenvalue weighted by Gasteiger charge is -2.16. The molecule has 0 spiro atoms. The summed E-state index contributed by atoms with van der Waals surface area (Å²) in [5, 5.41) is 15.2. The molecule has 1 fully saturated rings. The van der Waals surface area contributed by atoms with Gasteiger partial charge in [-0.25, -0.2) is 4.79 Å². The van der Waals surface area contributed by atoms with Gasteiger partial charge in [-0.1, -0.05) is 30.1 Å². The molecule has 108 valence electrons. The van der Waals surface area contributed by atoms with Crippen LogP contribution in [-0.4, -0.2) is 30.1 Å². The fourth-order valence-electron chi connectivity index (χ4n) is 2.25. The molecule has 0 radical (unpaired) electrons. The van der Waals surface area contributed by atoms with Crippen LogP contribution in [0.4, 0.5) is 5.69 Å². The predicted octanol–water partition coefficient (Wildman–Crippen LogP) is 2.49. The van der Waals surface area contributed by atoms with Crippen LogP contribution in [-0.2, 0) is 4.79 Å². The van der Waals surface area contributed by atoms with Gasteiger partial charge in [-0.05, 0) is 24.6 Å². The molecule has 3 N–H and O–H groups in total. The van der Waals surface area contributed by atoms with Crippen molar-refractivity contribution in [3.8, 4) is 0 Å². The molecule has 1 amide bonds. The van der Waals surface area contributed by atoms with Crippen molar-refractivity contribution >= 4 is 40.8 Å². The highest BCUT2D eigenvalue weighted by atomic mass is 35.5. The van der Waals surface area contributed by atoms with Gasteiger partial charge in [0.25, 0.3) is 0 Å². The average Bonchev–Trinajstić information content (AvgIpc) is 2.78. The van der Waals surface area contributed by atoms with E-state index >= 15 is 0 Å². The van der Waals surface area contributed by atoms with E-state index in [1.54, 1.807) is 0 Å². The number of carboxylic acid groups (broad SMARTS) is 1. The van der Waals surface area contributed by atoms with E-state index in [2.05, 4.69) is 10.6 Å². The Morgan fingerprint density at radius 1 is 1.35 bits per heavy atom. The van der Waals surface area contributed by atoms with E-state index in [0.29, 0.717) is 6.54 Å². The molecule has 2 rings (SSSR count). The predicted molar refractivity (Wildman–Crippen MR) is 77.6 cm³/mol. The smallest absolute Gasteiger partial charge is 0.337 e. The highest BCUT2D eigenvalue weighted by molar-refractivity contribution is 6.37. The van der Waals surface area contributed by atoms with Gasteiger partial charge in [-0.15, -0.1) is 0 Å². The minimum absolute atomic E-state index is 0.0904. The zero-order valence-corrected chi connectivity index (χ0v) is 12.3. The van der Waals surface area contributed by atoms with E-state index in [1.165, 1.54) is 12.1 Å². The normalized spacial score (nSPS) is 21.8. The third kappa shape index (κ3) is 3.06. The van der Waals surface area contributed by atoms with Crippen LogP contribution in [0, 0.1) is 11.8 Å². The highest BCUT2D eigenvalue weighted by Gasteiger charge is 2.30. The van der Waals surface area contributed by atoms with Crippen molar-refractivity contribution in [3.05, 3.63) is 27.7 Å². The molecule has 0 saturated carbocycles. The number of benzene rings is 1. The summed E-state index contributed by atoms with van der Waals surface area (Å²) in [4.78, 5) is 23.4. The van der Waals surface area contributed by atoms with Crippen molar-refractivity contribution in [2.75, 3.05) is 18.4 Å². The van der Waals surface area contributed by atoms with Crippen LogP contribution in [0.2, 0.25) is 10.0 Å². The molecule has 1 heterocycles. The van der Waals surface area contributed by atoms with Crippen molar-refractivity contribution in [1.29, 1.82) is 0 Å². The van der Waals surface area contributed by atoms with Crippen molar-refractivity contribution in [2.45, 2.75) is 6.92 Å². The number of nitrogens with one attached hydrogen (secondary N) is 2. The van der Waals surface area contributed by atoms with Crippen molar-refractivity contribution in [2.24, 2.45) is 11.8 Å². The van der Waals surface area contributed by atoms with E-state index in [4.69, 9.17) is 28.3 Å². The molecule has 7 heteroatoms. The molecule has 1 aliphatic rings. The highest BCUT2D eigenvalue weighted by Crippen LogP contribution is 2.31. The van der Waals surface area contributed by atoms with Crippen LogP contribution in [0.15, 0.2) is 12.1 Å². The van der Waals surface area contributed by atoms with Gasteiger partial charge in [0.1, 0.15) is 0 Å². The van der Waals surface area contributed by atoms with Crippen LogP contribution in [0.1, 0.15) is 17.3 Å². The van der Waals surface area contributed by atoms with E-state index in [-0.39, 0.29) is 39.0 Å². The number of hydrogen-bond acceptors (Lipinski definition) is 3. The third-order valence-electron chi connectivity index (χ3n) is 3.39. The number of aromatic carboxylic acids is 1. The van der Waals surface area contributed by atoms with Crippen LogP contribution in [0.25, 0.3) is 0 Å². The summed E-state index contributed by atoms with van der Waals surface area (Å²) in [6.07, 6.45) is 0. The number of halogens is 2. The summed E-state index contributed by atoms with van der Waals surface area (Å²) < 4.78 is 0. The van der Waals surface area contributed by atoms with Crippen LogP contribution < -0.4 is 10.6 Å². The first-order valence-electron chi connectivity index (χ1n) is 6.14. The fourth-order valence-corrected chi connectivity index (χ4v) is 2.79. The molecule has 0 aliphatic carbocycles. The van der Waals surface area contributed by atoms with E-state index < -0.39 is 5.97 Å². The van der Waals surface area contributed by atoms with Gasteiger partial charge < -0.3 is 15.7 Å². The molecule has 0 unspecified atom stereocenters. The SMILES string of the molecule is C[C@@H]1CNC[C@H]1C(=O)Nc1c(Cl)cc(Cl)cc1C(=O)O. The van der Waals surface area contributed by atoms with Crippen LogP contribution >= 0.6 is 23.2 Å². The first-order chi connectivity index (χ1) is 9.40. The summed E-state index contributed by atoms with van der Waals surface area (Å²) in [5.41, 5.74) is -0.0258. The number of carbonyl (C=O) groups excluding carboxylic acids is 1. The van der Waals surface area contributed by atoms with Gasteiger partial charge in [-0.2, -0.15) is 0 Å². The van der Waals surface area contributed by atoms with Gasteiger partial charge in [0, 0.05) is 11.6 Å². The second-order valence-corrected chi connectivity index (χ2v) is 5.69. The summed E-state index contributed by atoms with van der Waals surface area (Å²) in [5.74, 6) is -1.45. The van der Waals surface area contributed by atoms with E-state index in [1.807, 2.05) is 6.92 Å². The largest absolute Gasteiger partial charge is 0.478 e. The van der Waals surface area contributed by atoms with Crippen molar-refractivity contribution in [1.82, 2.24) is 5.32 Å². The maximum Gasteiger partial charge on any atom is 0.337 e. The van der Waals surface area contributed by atoms with Gasteiger partial charge in [0.05, 0.1) is 22.2 Å². The third-order valence-corrected chi connectivity index (χ3v) is 3.90. The zero-order chi connectivity index (χ0) is 14.9. The molecule has 1 aliphatic heterocycles. The molecule has 1 aromatic carbocycles. The molecule has 20 heavy (non-hydrogen) atoms. The van der Waals surface area contributed by atoms with Gasteiger partial charge in [0.15, 0.2) is 0 Å². The Balaban J connectivity index is 2.29. The van der Waals surface area contributed by atoms with Gasteiger partial charge >= 0.3 is 5.97 Å². The molecular formula is C13H14Cl2N2O3. The number of anilines is 1. The molecule has 0 bridgehead atoms. The lowest BCUT2D eigenvalue weighted by molar-refractivity contribution is -0.120. The Morgan fingerprint density at radius 3 is 2.60 bits per heavy atom. The molecule has 5 nitrogen and oxygen atoms in total. The minimum Gasteiger partial charge on any atom is -0.478 e. The Labute approximate surface area is 126 Å². The Morgan fingerprint density at radius 2 is 2.05 bits per heavy atom. The number of carbonyl (C=O) groups is 2. The maximum atomic E-state index is 12.2. The first kappa shape index (κ1) is 15.1. The first-order valence-corrected chi connectivity index (χ1v) is 6.89. The van der Waals surface area contributed by atoms with Crippen LogP contribution in [0.3, 0.4) is 0 Å². The number of amides is 1. The summed E-state index contributed by atoms with van der Waals surface area (Å²) >= 11 is 11.8. The summed E-state index contributed by atoms with van der Waals surface area (Å²) in [6, 6.07) is 2.67. The minimum atomic E-state index is -1.19. The van der Waals surface area contributed by atoms with Crippen molar-refractivity contribution in [3.63, 3.8) is 0 Å². The second-order valence-electron chi connectivity index (χ2n) is 4.85. The Kier molecular flexibility index (Phi) is 4.52. The number of rotatable bonds is 3. The summed E-state index contributed by atoms with van der Waals surface area (Å²) in [7, 11) is 0. The average molecular weight is 317 g/mol. The van der Waals surface area contributed by atoms with Crippen LogP contribution in [0.5, 0.6) is 0 Å². The Bertz CT molecular complexity index is 563. The Hall–Kier alpha value is -1.30. The summed E-state index contributed by atoms with van der Waals surface area (Å²) in [6.45, 7) is 3.30. The lowest BCUT2D eigenvalue weighted by atomic mass is 9.97. The topological polar surface area (TPSA) is 78.4 Å². The van der Waals surface area contributed by atoms with Gasteiger partial charge in [-0.3, -0.25) is 4.79 Å². The van der Waals surface area contributed by atoms with E-state index in [9.17, 15) is 9.59 Å². The van der Waals surface area contributed by atoms with E-state index in [0.717, 1.165) is 6.54 Å². The molecule has 0 aromatic heterocycles. The fraction of sp³-hybridized carbons (Fsp3) is 0.385. The second kappa shape index (κ2) is 5.99. The number of hydrogen-bond donors (Lipinski definition) is 3.